The Morgan fingerprint density at radius 2 is 1.95 bits per heavy atom. The molecule has 1 aromatic heterocycles. The van der Waals surface area contributed by atoms with Crippen LogP contribution in [0.4, 0.5) is 5.88 Å². The van der Waals surface area contributed by atoms with Crippen molar-refractivity contribution in [2.24, 2.45) is 0 Å². The van der Waals surface area contributed by atoms with Crippen LogP contribution in [0.15, 0.2) is 41.0 Å². The van der Waals surface area contributed by atoms with E-state index in [1.165, 1.54) is 0 Å². The van der Waals surface area contributed by atoms with Crippen molar-refractivity contribution in [2.75, 3.05) is 11.4 Å². The van der Waals surface area contributed by atoms with Gasteiger partial charge in [-0.3, -0.25) is 14.9 Å². The minimum Gasteiger partial charge on any atom is -0.448 e. The Hall–Kier alpha value is -2.56. The number of nitrogens with zero attached hydrogens (tertiary/aromatic N) is 1. The summed E-state index contributed by atoms with van der Waals surface area (Å²) in [6.45, 7) is 0.751. The third-order valence-electron chi connectivity index (χ3n) is 4.41. The molecule has 1 fully saturated rings. The topological polar surface area (TPSA) is 62.6 Å². The summed E-state index contributed by atoms with van der Waals surface area (Å²) in [6.07, 6.45) is 3.55. The van der Waals surface area contributed by atoms with Gasteiger partial charge in [0, 0.05) is 24.1 Å². The van der Waals surface area contributed by atoms with E-state index in [4.69, 9.17) is 4.42 Å². The molecule has 2 aliphatic heterocycles. The van der Waals surface area contributed by atoms with Crippen LogP contribution in [-0.2, 0) is 16.0 Å². The molecule has 0 radical (unpaired) electrons. The lowest BCUT2D eigenvalue weighted by Crippen LogP contribution is -2.52. The quantitative estimate of drug-likeness (QED) is 0.862. The fourth-order valence-corrected chi connectivity index (χ4v) is 3.33. The normalized spacial score (nSPS) is 20.9. The first-order valence-corrected chi connectivity index (χ1v) is 7.50. The number of rotatable bonds is 2. The minimum atomic E-state index is -0.311. The van der Waals surface area contributed by atoms with E-state index in [-0.39, 0.29) is 17.9 Å². The smallest absolute Gasteiger partial charge is 0.249 e. The molecule has 1 atom stereocenters. The summed E-state index contributed by atoms with van der Waals surface area (Å²) in [7, 11) is 0. The van der Waals surface area contributed by atoms with Crippen molar-refractivity contribution in [3.05, 3.63) is 42.2 Å². The molecule has 2 amide bonds. The minimum absolute atomic E-state index is 0.190. The summed E-state index contributed by atoms with van der Waals surface area (Å²) >= 11 is 0. The number of anilines is 1. The van der Waals surface area contributed by atoms with Crippen molar-refractivity contribution in [2.45, 2.75) is 25.3 Å². The van der Waals surface area contributed by atoms with Gasteiger partial charge in [-0.2, -0.15) is 0 Å². The molecule has 5 nitrogen and oxygen atoms in total. The van der Waals surface area contributed by atoms with E-state index < -0.39 is 0 Å². The molecule has 112 valence electrons. The first-order valence-electron chi connectivity index (χ1n) is 7.50. The predicted octanol–water partition coefficient (Wildman–Crippen LogP) is 2.11. The van der Waals surface area contributed by atoms with E-state index in [0.717, 1.165) is 35.5 Å². The molecular weight excluding hydrogens is 280 g/mol. The lowest BCUT2D eigenvalue weighted by atomic mass is 10.0. The molecule has 0 bridgehead atoms. The van der Waals surface area contributed by atoms with Crippen LogP contribution in [0.3, 0.4) is 0 Å². The van der Waals surface area contributed by atoms with Gasteiger partial charge < -0.3 is 9.32 Å². The lowest BCUT2D eigenvalue weighted by molar-refractivity contribution is -0.134. The van der Waals surface area contributed by atoms with E-state index in [1.54, 1.807) is 6.26 Å². The van der Waals surface area contributed by atoms with E-state index in [9.17, 15) is 9.59 Å². The van der Waals surface area contributed by atoms with Gasteiger partial charge in [-0.05, 0) is 18.4 Å². The van der Waals surface area contributed by atoms with Crippen molar-refractivity contribution < 1.29 is 14.0 Å². The Morgan fingerprint density at radius 3 is 2.73 bits per heavy atom. The first-order chi connectivity index (χ1) is 10.7. The maximum absolute atomic E-state index is 12.1. The fraction of sp³-hybridized carbons (Fsp3) is 0.294. The Kier molecular flexibility index (Phi) is 2.99. The molecule has 1 N–H and O–H groups in total. The zero-order valence-electron chi connectivity index (χ0n) is 12.0. The van der Waals surface area contributed by atoms with E-state index in [1.807, 2.05) is 23.1 Å². The number of hydrogen-bond acceptors (Lipinski definition) is 4. The average Bonchev–Trinajstić information content (AvgIpc) is 3.10. The summed E-state index contributed by atoms with van der Waals surface area (Å²) in [5.74, 6) is 0.361. The van der Waals surface area contributed by atoms with Crippen molar-refractivity contribution in [3.63, 3.8) is 0 Å². The number of furan rings is 1. The molecule has 1 saturated heterocycles. The third-order valence-corrected chi connectivity index (χ3v) is 4.41. The van der Waals surface area contributed by atoms with Crippen molar-refractivity contribution in [1.29, 1.82) is 0 Å². The van der Waals surface area contributed by atoms with Gasteiger partial charge in [0.2, 0.25) is 11.8 Å². The molecule has 1 unspecified atom stereocenters. The number of fused-ring (bicyclic) bond motifs is 1. The van der Waals surface area contributed by atoms with Crippen LogP contribution in [0.5, 0.6) is 0 Å². The largest absolute Gasteiger partial charge is 0.448 e. The molecule has 0 saturated carbocycles. The molecule has 2 aliphatic rings. The standard InChI is InChI=1S/C17H16N2O3/c20-15-7-6-14(16(21)18-15)19-9-8-12-13(10-22-17(12)19)11-4-2-1-3-5-11/h1-5,10,14H,6-9H2,(H,18,20,21). The number of imide groups is 1. The molecule has 4 rings (SSSR count). The highest BCUT2D eigenvalue weighted by molar-refractivity contribution is 6.01. The molecular formula is C17H16N2O3. The number of piperidine rings is 1. The summed E-state index contributed by atoms with van der Waals surface area (Å²) in [5, 5.41) is 2.41. The number of benzene rings is 1. The molecule has 0 spiro atoms. The van der Waals surface area contributed by atoms with Gasteiger partial charge in [-0.25, -0.2) is 0 Å². The Labute approximate surface area is 127 Å². The van der Waals surface area contributed by atoms with Crippen molar-refractivity contribution in [3.8, 4) is 11.1 Å². The van der Waals surface area contributed by atoms with E-state index in [0.29, 0.717) is 12.8 Å². The second-order valence-corrected chi connectivity index (χ2v) is 5.71. The Morgan fingerprint density at radius 1 is 1.14 bits per heavy atom. The van der Waals surface area contributed by atoms with E-state index >= 15 is 0 Å². The molecule has 1 aromatic carbocycles. The monoisotopic (exact) mass is 296 g/mol. The van der Waals surface area contributed by atoms with Crippen LogP contribution >= 0.6 is 0 Å². The van der Waals surface area contributed by atoms with Crippen molar-refractivity contribution >= 4 is 17.7 Å². The second kappa shape index (κ2) is 5.02. The Balaban J connectivity index is 1.65. The summed E-state index contributed by atoms with van der Waals surface area (Å²) in [5.41, 5.74) is 3.36. The molecule has 22 heavy (non-hydrogen) atoms. The van der Waals surface area contributed by atoms with Gasteiger partial charge in [-0.1, -0.05) is 30.3 Å². The highest BCUT2D eigenvalue weighted by Crippen LogP contribution is 2.39. The lowest BCUT2D eigenvalue weighted by Gasteiger charge is -2.29. The number of hydrogen-bond donors (Lipinski definition) is 1. The maximum atomic E-state index is 12.1. The summed E-state index contributed by atoms with van der Waals surface area (Å²) in [4.78, 5) is 25.3. The predicted molar refractivity (Wildman–Crippen MR) is 81.4 cm³/mol. The molecule has 3 heterocycles. The van der Waals surface area contributed by atoms with Crippen LogP contribution in [0, 0.1) is 0 Å². The molecule has 0 aliphatic carbocycles. The zero-order chi connectivity index (χ0) is 15.1. The maximum Gasteiger partial charge on any atom is 0.249 e. The van der Waals surface area contributed by atoms with Gasteiger partial charge in [0.15, 0.2) is 5.88 Å². The van der Waals surface area contributed by atoms with Crippen LogP contribution in [-0.4, -0.2) is 24.4 Å². The number of carbonyl (C=O) groups is 2. The van der Waals surface area contributed by atoms with Gasteiger partial charge in [0.1, 0.15) is 12.3 Å². The van der Waals surface area contributed by atoms with Crippen LogP contribution < -0.4 is 10.2 Å². The van der Waals surface area contributed by atoms with Crippen LogP contribution in [0.25, 0.3) is 11.1 Å². The van der Waals surface area contributed by atoms with Crippen LogP contribution in [0.1, 0.15) is 18.4 Å². The molecule has 2 aromatic rings. The number of nitrogens with one attached hydrogen (secondary N) is 1. The van der Waals surface area contributed by atoms with Crippen molar-refractivity contribution in [1.82, 2.24) is 5.32 Å². The summed E-state index contributed by atoms with van der Waals surface area (Å²) < 4.78 is 5.76. The van der Waals surface area contributed by atoms with E-state index in [2.05, 4.69) is 17.4 Å². The summed E-state index contributed by atoms with van der Waals surface area (Å²) in [6, 6.07) is 9.79. The van der Waals surface area contributed by atoms with Gasteiger partial charge in [0.25, 0.3) is 0 Å². The van der Waals surface area contributed by atoms with Crippen LogP contribution in [0.2, 0.25) is 0 Å². The third kappa shape index (κ3) is 2.01. The Bertz CT molecular complexity index is 736. The van der Waals surface area contributed by atoms with Gasteiger partial charge >= 0.3 is 0 Å². The second-order valence-electron chi connectivity index (χ2n) is 5.71. The highest BCUT2D eigenvalue weighted by atomic mass is 16.3. The average molecular weight is 296 g/mol. The van der Waals surface area contributed by atoms with Gasteiger partial charge in [0.05, 0.1) is 0 Å². The number of amides is 2. The fourth-order valence-electron chi connectivity index (χ4n) is 3.33. The number of carbonyl (C=O) groups excluding carboxylic acids is 2. The highest BCUT2D eigenvalue weighted by Gasteiger charge is 2.37. The zero-order valence-corrected chi connectivity index (χ0v) is 12.0. The van der Waals surface area contributed by atoms with Gasteiger partial charge in [-0.15, -0.1) is 0 Å². The first kappa shape index (κ1) is 13.1. The molecule has 5 heteroatoms. The SMILES string of the molecule is O=C1CCC(N2CCc3c(-c4ccccc4)coc32)C(=O)N1.